The predicted molar refractivity (Wildman–Crippen MR) is 62.1 cm³/mol. The highest BCUT2D eigenvalue weighted by Crippen LogP contribution is 2.20. The molecule has 0 bridgehead atoms. The molecule has 2 aromatic rings. The third kappa shape index (κ3) is 2.23. The lowest BCUT2D eigenvalue weighted by Gasteiger charge is -2.00. The number of hydrogen-bond donors (Lipinski definition) is 0. The third-order valence-corrected chi connectivity index (χ3v) is 2.51. The Hall–Kier alpha value is -1.66. The van der Waals surface area contributed by atoms with Gasteiger partial charge in [-0.2, -0.15) is 5.26 Å². The van der Waals surface area contributed by atoms with Crippen LogP contribution in [-0.2, 0) is 0 Å². The van der Waals surface area contributed by atoms with E-state index in [4.69, 9.17) is 5.26 Å². The minimum absolute atomic E-state index is 0.578. The summed E-state index contributed by atoms with van der Waals surface area (Å²) in [6.45, 7) is 0. The van der Waals surface area contributed by atoms with Crippen molar-refractivity contribution in [2.24, 2.45) is 0 Å². The topological polar surface area (TPSA) is 36.7 Å². The first-order valence-corrected chi connectivity index (χ1v) is 5.21. The highest BCUT2D eigenvalue weighted by molar-refractivity contribution is 9.10. The molecule has 1 aromatic carbocycles. The average Bonchev–Trinajstić information content (AvgIpc) is 2.29. The summed E-state index contributed by atoms with van der Waals surface area (Å²) < 4.78 is 1.02. The quantitative estimate of drug-likeness (QED) is 0.787. The normalized spacial score (nSPS) is 9.60. The standard InChI is InChI=1S/C12H7BrN2/c13-11-3-1-2-10(6-11)12-5-4-9(7-14)8-15-12/h1-6,8H. The summed E-state index contributed by atoms with van der Waals surface area (Å²) in [6, 6.07) is 13.6. The Labute approximate surface area is 96.3 Å². The predicted octanol–water partition coefficient (Wildman–Crippen LogP) is 3.38. The van der Waals surface area contributed by atoms with Crippen LogP contribution in [0, 0.1) is 11.3 Å². The van der Waals surface area contributed by atoms with E-state index in [0.717, 1.165) is 15.7 Å². The highest BCUT2D eigenvalue weighted by atomic mass is 79.9. The Bertz CT molecular complexity index is 512. The molecule has 0 spiro atoms. The second-order valence-electron chi connectivity index (χ2n) is 3.05. The molecular weight excluding hydrogens is 252 g/mol. The Morgan fingerprint density at radius 3 is 2.67 bits per heavy atom. The van der Waals surface area contributed by atoms with Gasteiger partial charge in [0.15, 0.2) is 0 Å². The fraction of sp³-hybridized carbons (Fsp3) is 0. The maximum Gasteiger partial charge on any atom is 0.101 e. The van der Waals surface area contributed by atoms with Crippen LogP contribution in [0.15, 0.2) is 47.1 Å². The monoisotopic (exact) mass is 258 g/mol. The van der Waals surface area contributed by atoms with Gasteiger partial charge in [0.05, 0.1) is 11.3 Å². The molecule has 0 atom stereocenters. The van der Waals surface area contributed by atoms with E-state index in [0.29, 0.717) is 5.56 Å². The van der Waals surface area contributed by atoms with Crippen molar-refractivity contribution in [3.05, 3.63) is 52.6 Å². The highest BCUT2D eigenvalue weighted by Gasteiger charge is 1.99. The lowest BCUT2D eigenvalue weighted by molar-refractivity contribution is 1.30. The van der Waals surface area contributed by atoms with Crippen molar-refractivity contribution in [1.29, 1.82) is 5.26 Å². The molecule has 0 saturated carbocycles. The van der Waals surface area contributed by atoms with Crippen LogP contribution in [0.1, 0.15) is 5.56 Å². The van der Waals surface area contributed by atoms with Crippen molar-refractivity contribution in [1.82, 2.24) is 4.98 Å². The zero-order chi connectivity index (χ0) is 10.7. The molecule has 1 aromatic heterocycles. The number of aromatic nitrogens is 1. The molecular formula is C12H7BrN2. The second kappa shape index (κ2) is 4.24. The lowest BCUT2D eigenvalue weighted by Crippen LogP contribution is -1.84. The summed E-state index contributed by atoms with van der Waals surface area (Å²) in [7, 11) is 0. The van der Waals surface area contributed by atoms with E-state index in [1.165, 1.54) is 0 Å². The van der Waals surface area contributed by atoms with Crippen LogP contribution < -0.4 is 0 Å². The summed E-state index contributed by atoms with van der Waals surface area (Å²) in [5.41, 5.74) is 2.48. The molecule has 0 radical (unpaired) electrons. The summed E-state index contributed by atoms with van der Waals surface area (Å²) in [6.07, 6.45) is 1.58. The smallest absolute Gasteiger partial charge is 0.101 e. The average molecular weight is 259 g/mol. The van der Waals surface area contributed by atoms with Gasteiger partial charge in [-0.1, -0.05) is 28.1 Å². The minimum Gasteiger partial charge on any atom is -0.255 e. The Balaban J connectivity index is 2.42. The summed E-state index contributed by atoms with van der Waals surface area (Å²) >= 11 is 3.41. The van der Waals surface area contributed by atoms with Crippen LogP contribution in [0.2, 0.25) is 0 Å². The summed E-state index contributed by atoms with van der Waals surface area (Å²) in [5.74, 6) is 0. The van der Waals surface area contributed by atoms with Crippen molar-refractivity contribution in [3.63, 3.8) is 0 Å². The van der Waals surface area contributed by atoms with Gasteiger partial charge in [0, 0.05) is 16.2 Å². The van der Waals surface area contributed by atoms with Crippen LogP contribution in [0.3, 0.4) is 0 Å². The summed E-state index contributed by atoms with van der Waals surface area (Å²) in [5, 5.41) is 8.65. The molecule has 0 aliphatic heterocycles. The molecule has 0 saturated heterocycles. The van der Waals surface area contributed by atoms with Crippen molar-refractivity contribution in [3.8, 4) is 17.3 Å². The molecule has 0 fully saturated rings. The van der Waals surface area contributed by atoms with E-state index >= 15 is 0 Å². The fourth-order valence-electron chi connectivity index (χ4n) is 1.28. The molecule has 3 heteroatoms. The van der Waals surface area contributed by atoms with E-state index in [2.05, 4.69) is 20.9 Å². The molecule has 0 amide bonds. The molecule has 72 valence electrons. The van der Waals surface area contributed by atoms with Crippen molar-refractivity contribution < 1.29 is 0 Å². The molecule has 0 aliphatic carbocycles. The van der Waals surface area contributed by atoms with Gasteiger partial charge in [0.1, 0.15) is 6.07 Å². The fourth-order valence-corrected chi connectivity index (χ4v) is 1.68. The van der Waals surface area contributed by atoms with Gasteiger partial charge >= 0.3 is 0 Å². The Morgan fingerprint density at radius 2 is 2.07 bits per heavy atom. The third-order valence-electron chi connectivity index (χ3n) is 2.01. The SMILES string of the molecule is N#Cc1ccc(-c2cccc(Br)c2)nc1. The maximum absolute atomic E-state index is 8.65. The van der Waals surface area contributed by atoms with E-state index in [1.54, 1.807) is 12.3 Å². The zero-order valence-corrected chi connectivity index (χ0v) is 9.40. The number of pyridine rings is 1. The molecule has 1 heterocycles. The number of halogens is 1. The van der Waals surface area contributed by atoms with Crippen molar-refractivity contribution >= 4 is 15.9 Å². The number of nitrogens with zero attached hydrogens (tertiary/aromatic N) is 2. The molecule has 2 rings (SSSR count). The van der Waals surface area contributed by atoms with Gasteiger partial charge in [-0.25, -0.2) is 0 Å². The Kier molecular flexibility index (Phi) is 2.79. The Morgan fingerprint density at radius 1 is 1.20 bits per heavy atom. The van der Waals surface area contributed by atoms with Crippen LogP contribution in [0.25, 0.3) is 11.3 Å². The maximum atomic E-state index is 8.65. The van der Waals surface area contributed by atoms with Crippen LogP contribution >= 0.6 is 15.9 Å². The van der Waals surface area contributed by atoms with Gasteiger partial charge in [0.2, 0.25) is 0 Å². The van der Waals surface area contributed by atoms with E-state index in [1.807, 2.05) is 36.4 Å². The second-order valence-corrected chi connectivity index (χ2v) is 3.97. The van der Waals surface area contributed by atoms with Gasteiger partial charge in [-0.05, 0) is 24.3 Å². The van der Waals surface area contributed by atoms with E-state index < -0.39 is 0 Å². The number of hydrogen-bond acceptors (Lipinski definition) is 2. The van der Waals surface area contributed by atoms with E-state index in [9.17, 15) is 0 Å². The summed E-state index contributed by atoms with van der Waals surface area (Å²) in [4.78, 5) is 4.22. The van der Waals surface area contributed by atoms with Gasteiger partial charge in [-0.15, -0.1) is 0 Å². The van der Waals surface area contributed by atoms with Crippen molar-refractivity contribution in [2.75, 3.05) is 0 Å². The van der Waals surface area contributed by atoms with Gasteiger partial charge < -0.3 is 0 Å². The molecule has 0 unspecified atom stereocenters. The van der Waals surface area contributed by atoms with Crippen LogP contribution in [0.4, 0.5) is 0 Å². The van der Waals surface area contributed by atoms with Gasteiger partial charge in [-0.3, -0.25) is 4.98 Å². The number of benzene rings is 1. The first-order chi connectivity index (χ1) is 7.29. The first kappa shape index (κ1) is 9.88. The van der Waals surface area contributed by atoms with Crippen LogP contribution in [0.5, 0.6) is 0 Å². The molecule has 15 heavy (non-hydrogen) atoms. The largest absolute Gasteiger partial charge is 0.255 e. The molecule has 2 nitrogen and oxygen atoms in total. The zero-order valence-electron chi connectivity index (χ0n) is 7.81. The molecule has 0 N–H and O–H groups in total. The number of rotatable bonds is 1. The minimum atomic E-state index is 0.578. The molecule has 0 aliphatic rings. The van der Waals surface area contributed by atoms with Gasteiger partial charge in [0.25, 0.3) is 0 Å². The number of nitriles is 1. The first-order valence-electron chi connectivity index (χ1n) is 4.42. The van der Waals surface area contributed by atoms with E-state index in [-0.39, 0.29) is 0 Å². The lowest BCUT2D eigenvalue weighted by atomic mass is 10.1. The van der Waals surface area contributed by atoms with Crippen molar-refractivity contribution in [2.45, 2.75) is 0 Å². The van der Waals surface area contributed by atoms with Crippen LogP contribution in [-0.4, -0.2) is 4.98 Å².